The van der Waals surface area contributed by atoms with E-state index in [9.17, 15) is 33.1 Å². The minimum Gasteiger partial charge on any atom is -0.478 e. The number of aromatic nitrogens is 4. The average Bonchev–Trinajstić information content (AvgIpc) is 3.37. The number of piperazine rings is 1. The van der Waals surface area contributed by atoms with Crippen LogP contribution in [0.5, 0.6) is 0 Å². The summed E-state index contributed by atoms with van der Waals surface area (Å²) in [4.78, 5) is 56.9. The number of carboxylic acid groups (broad SMARTS) is 1. The van der Waals surface area contributed by atoms with E-state index < -0.39 is 52.7 Å². The van der Waals surface area contributed by atoms with Crippen LogP contribution in [0.2, 0.25) is 0 Å². The van der Waals surface area contributed by atoms with E-state index in [1.165, 1.54) is 11.0 Å². The number of para-hydroxylation sites is 1. The Morgan fingerprint density at radius 3 is 2.20 bits per heavy atom. The lowest BCUT2D eigenvalue weighted by molar-refractivity contribution is 0.0240. The first-order chi connectivity index (χ1) is 21.4. The topological polar surface area (TPSA) is 143 Å². The largest absolute Gasteiger partial charge is 0.478 e. The number of amides is 2. The number of carboxylic acids is 1. The second kappa shape index (κ2) is 12.7. The minimum absolute atomic E-state index is 0.0729. The molecule has 13 nitrogen and oxygen atoms in total. The molecule has 0 unspecified atom stereocenters. The molecule has 1 saturated heterocycles. The monoisotopic (exact) mass is 627 g/mol. The molecule has 2 heterocycles. The van der Waals surface area contributed by atoms with Crippen molar-refractivity contribution in [1.29, 1.82) is 0 Å². The molecule has 0 bridgehead atoms. The van der Waals surface area contributed by atoms with Gasteiger partial charge in [0.1, 0.15) is 11.3 Å². The molecule has 5 rings (SSSR count). The number of aromatic carboxylic acids is 1. The van der Waals surface area contributed by atoms with Crippen molar-refractivity contribution in [3.63, 3.8) is 0 Å². The standard InChI is InChI=1S/C30H35F2N7O6/c1-30(2,3)45-29(44)36-16-14-35(15-17-36)24-13-12-20(18-21(24)26(40)41)37(19-8-5-4-6-9-19)27(42)39-28(43)38(33-34-39)25-22(31)10-7-11-23(25)32/h7,10-13,18-19H,4-6,8-9,14-17H2,1-3H3,(H,40,41). The van der Waals surface area contributed by atoms with Gasteiger partial charge in [0.25, 0.3) is 0 Å². The molecule has 3 aromatic rings. The van der Waals surface area contributed by atoms with Crippen LogP contribution >= 0.6 is 0 Å². The third-order valence-corrected chi connectivity index (χ3v) is 7.82. The molecule has 0 radical (unpaired) electrons. The zero-order chi connectivity index (χ0) is 32.5. The molecular weight excluding hydrogens is 592 g/mol. The first-order valence-corrected chi connectivity index (χ1v) is 14.8. The van der Waals surface area contributed by atoms with Crippen LogP contribution in [0.3, 0.4) is 0 Å². The molecule has 1 aliphatic heterocycles. The molecule has 45 heavy (non-hydrogen) atoms. The maximum atomic E-state index is 14.4. The van der Waals surface area contributed by atoms with Crippen molar-refractivity contribution in [3.05, 3.63) is 64.1 Å². The van der Waals surface area contributed by atoms with Gasteiger partial charge in [-0.25, -0.2) is 28.0 Å². The Morgan fingerprint density at radius 2 is 1.60 bits per heavy atom. The van der Waals surface area contributed by atoms with Crippen molar-refractivity contribution in [1.82, 2.24) is 24.7 Å². The Morgan fingerprint density at radius 1 is 0.956 bits per heavy atom. The van der Waals surface area contributed by atoms with E-state index >= 15 is 0 Å². The predicted molar refractivity (Wildman–Crippen MR) is 159 cm³/mol. The molecule has 2 aromatic carbocycles. The quantitative estimate of drug-likeness (QED) is 0.410. The number of halogens is 2. The van der Waals surface area contributed by atoms with Gasteiger partial charge in [0.15, 0.2) is 11.6 Å². The highest BCUT2D eigenvalue weighted by atomic mass is 19.1. The summed E-state index contributed by atoms with van der Waals surface area (Å²) >= 11 is 0. The van der Waals surface area contributed by atoms with Crippen molar-refractivity contribution in [2.75, 3.05) is 36.0 Å². The van der Waals surface area contributed by atoms with Crippen LogP contribution in [-0.2, 0) is 4.74 Å². The zero-order valence-electron chi connectivity index (χ0n) is 25.3. The Kier molecular flexibility index (Phi) is 8.89. The lowest BCUT2D eigenvalue weighted by Gasteiger charge is -2.38. The van der Waals surface area contributed by atoms with E-state index in [0.29, 0.717) is 54.1 Å². The number of benzene rings is 2. The maximum absolute atomic E-state index is 14.4. The predicted octanol–water partition coefficient (Wildman–Crippen LogP) is 4.27. The average molecular weight is 628 g/mol. The van der Waals surface area contributed by atoms with E-state index in [1.807, 2.05) is 4.90 Å². The summed E-state index contributed by atoms with van der Waals surface area (Å²) in [5.41, 5.74) is -2.03. The summed E-state index contributed by atoms with van der Waals surface area (Å²) in [6.07, 6.45) is 3.31. The van der Waals surface area contributed by atoms with Gasteiger partial charge in [-0.05, 0) is 74.4 Å². The second-order valence-corrected chi connectivity index (χ2v) is 12.1. The van der Waals surface area contributed by atoms with Crippen LogP contribution < -0.4 is 15.5 Å². The summed E-state index contributed by atoms with van der Waals surface area (Å²) in [6.45, 7) is 6.71. The normalized spacial score (nSPS) is 16.0. The summed E-state index contributed by atoms with van der Waals surface area (Å²) in [7, 11) is 0. The van der Waals surface area contributed by atoms with Crippen molar-refractivity contribution in [2.45, 2.75) is 64.5 Å². The van der Waals surface area contributed by atoms with Crippen LogP contribution in [0.1, 0.15) is 63.2 Å². The Labute approximate surface area is 257 Å². The molecule has 15 heteroatoms. The molecule has 2 fully saturated rings. The number of rotatable bonds is 5. The van der Waals surface area contributed by atoms with Crippen molar-refractivity contribution in [2.24, 2.45) is 0 Å². The molecule has 1 N–H and O–H groups in total. The van der Waals surface area contributed by atoms with Gasteiger partial charge in [-0.3, -0.25) is 4.90 Å². The highest BCUT2D eigenvalue weighted by molar-refractivity contribution is 5.99. The number of hydrogen-bond donors (Lipinski definition) is 1. The van der Waals surface area contributed by atoms with Crippen LogP contribution in [0.25, 0.3) is 5.69 Å². The summed E-state index contributed by atoms with van der Waals surface area (Å²) in [5, 5.41) is 17.4. The molecule has 2 aliphatic rings. The molecule has 1 saturated carbocycles. The molecule has 1 aromatic heterocycles. The summed E-state index contributed by atoms with van der Waals surface area (Å²) in [5.74, 6) is -3.35. The maximum Gasteiger partial charge on any atom is 0.410 e. The SMILES string of the molecule is CC(C)(C)OC(=O)N1CCN(c2ccc(N(C(=O)n3nnn(-c4c(F)cccc4F)c3=O)C3CCCCC3)cc2C(=O)O)CC1. The van der Waals surface area contributed by atoms with Gasteiger partial charge in [0, 0.05) is 37.9 Å². The summed E-state index contributed by atoms with van der Waals surface area (Å²) in [6, 6.07) is 6.28. The van der Waals surface area contributed by atoms with E-state index in [-0.39, 0.29) is 11.3 Å². The van der Waals surface area contributed by atoms with E-state index in [2.05, 4.69) is 10.4 Å². The number of anilines is 2. The van der Waals surface area contributed by atoms with Gasteiger partial charge in [0.2, 0.25) is 0 Å². The summed E-state index contributed by atoms with van der Waals surface area (Å²) < 4.78 is 35.1. The van der Waals surface area contributed by atoms with Crippen molar-refractivity contribution >= 4 is 29.5 Å². The van der Waals surface area contributed by atoms with E-state index in [4.69, 9.17) is 4.74 Å². The van der Waals surface area contributed by atoms with Crippen molar-refractivity contribution in [3.8, 4) is 5.69 Å². The van der Waals surface area contributed by atoms with E-state index in [1.54, 1.807) is 37.8 Å². The number of carbonyl (C=O) groups excluding carboxylic acids is 2. The molecule has 2 amide bonds. The van der Waals surface area contributed by atoms with Gasteiger partial charge in [-0.2, -0.15) is 4.68 Å². The van der Waals surface area contributed by atoms with Gasteiger partial charge >= 0.3 is 23.8 Å². The van der Waals surface area contributed by atoms with Gasteiger partial charge in [0.05, 0.1) is 11.3 Å². The van der Waals surface area contributed by atoms with Gasteiger partial charge < -0.3 is 19.6 Å². The van der Waals surface area contributed by atoms with Crippen LogP contribution in [0, 0.1) is 11.6 Å². The number of hydrogen-bond acceptors (Lipinski definition) is 8. The van der Waals surface area contributed by atoms with Crippen LogP contribution in [0.15, 0.2) is 41.2 Å². The van der Waals surface area contributed by atoms with Crippen LogP contribution in [-0.4, -0.2) is 85.7 Å². The number of tetrazole rings is 1. The number of ether oxygens (including phenoxy) is 1. The van der Waals surface area contributed by atoms with Crippen molar-refractivity contribution < 1.29 is 33.0 Å². The fourth-order valence-corrected chi connectivity index (χ4v) is 5.69. The Hall–Kier alpha value is -4.82. The lowest BCUT2D eigenvalue weighted by atomic mass is 9.93. The Balaban J connectivity index is 1.46. The fourth-order valence-electron chi connectivity index (χ4n) is 5.69. The Bertz CT molecular complexity index is 1630. The molecule has 0 spiro atoms. The molecule has 240 valence electrons. The molecular formula is C30H35F2N7O6. The fraction of sp³-hybridized carbons (Fsp3) is 0.467. The molecule has 1 aliphatic carbocycles. The van der Waals surface area contributed by atoms with E-state index in [0.717, 1.165) is 37.5 Å². The third kappa shape index (κ3) is 6.66. The van der Waals surface area contributed by atoms with Crippen LogP contribution in [0.4, 0.5) is 29.7 Å². The first kappa shape index (κ1) is 31.6. The highest BCUT2D eigenvalue weighted by Crippen LogP contribution is 2.32. The first-order valence-electron chi connectivity index (χ1n) is 14.8. The lowest BCUT2D eigenvalue weighted by Crippen LogP contribution is -2.50. The highest BCUT2D eigenvalue weighted by Gasteiger charge is 2.33. The van der Waals surface area contributed by atoms with Gasteiger partial charge in [-0.15, -0.1) is 4.68 Å². The minimum atomic E-state index is -1.23. The smallest absolute Gasteiger partial charge is 0.410 e. The second-order valence-electron chi connectivity index (χ2n) is 12.1. The number of carbonyl (C=O) groups is 3. The van der Waals surface area contributed by atoms with Gasteiger partial charge in [-0.1, -0.05) is 25.3 Å². The molecule has 0 atom stereocenters. The zero-order valence-corrected chi connectivity index (χ0v) is 25.3. The number of nitrogens with zero attached hydrogens (tertiary/aromatic N) is 7. The third-order valence-electron chi connectivity index (χ3n) is 7.82.